The van der Waals surface area contributed by atoms with Crippen LogP contribution < -0.4 is 15.6 Å². The zero-order valence-electron chi connectivity index (χ0n) is 19.3. The Balaban J connectivity index is 1.82. The minimum Gasteiger partial charge on any atom is -0.494 e. The van der Waals surface area contributed by atoms with Crippen LogP contribution in [0.1, 0.15) is 25.0 Å². The summed E-state index contributed by atoms with van der Waals surface area (Å²) in [7, 11) is 4.05. The van der Waals surface area contributed by atoms with Gasteiger partial charge in [0.05, 0.1) is 13.2 Å². The van der Waals surface area contributed by atoms with Crippen LogP contribution in [0.25, 0.3) is 10.9 Å². The fourth-order valence-electron chi connectivity index (χ4n) is 3.42. The van der Waals surface area contributed by atoms with E-state index in [0.717, 1.165) is 35.3 Å². The summed E-state index contributed by atoms with van der Waals surface area (Å²) >= 11 is 5.72. The molecule has 3 aromatic rings. The van der Waals surface area contributed by atoms with Crippen LogP contribution in [-0.4, -0.2) is 53.7 Å². The van der Waals surface area contributed by atoms with E-state index in [9.17, 15) is 4.79 Å². The lowest BCUT2D eigenvalue weighted by atomic mass is 10.1. The minimum absolute atomic E-state index is 0.0829. The zero-order valence-corrected chi connectivity index (χ0v) is 20.1. The lowest BCUT2D eigenvalue weighted by molar-refractivity contribution is 0.327. The highest BCUT2D eigenvalue weighted by molar-refractivity contribution is 7.80. The summed E-state index contributed by atoms with van der Waals surface area (Å²) in [5.74, 6) is 0.822. The third-order valence-corrected chi connectivity index (χ3v) is 5.64. The van der Waals surface area contributed by atoms with Gasteiger partial charge in [-0.05, 0) is 93.1 Å². The Morgan fingerprint density at radius 1 is 1.06 bits per heavy atom. The summed E-state index contributed by atoms with van der Waals surface area (Å²) in [6.45, 7) is 6.66. The summed E-state index contributed by atoms with van der Waals surface area (Å²) in [5.41, 5.74) is 3.59. The molecule has 0 saturated carbocycles. The second kappa shape index (κ2) is 11.1. The van der Waals surface area contributed by atoms with Gasteiger partial charge in [0, 0.05) is 29.9 Å². The monoisotopic (exact) mass is 452 g/mol. The molecule has 0 fully saturated rings. The maximum absolute atomic E-state index is 12.8. The molecular weight excluding hydrogens is 420 g/mol. The Morgan fingerprint density at radius 2 is 1.81 bits per heavy atom. The van der Waals surface area contributed by atoms with Crippen molar-refractivity contribution < 1.29 is 4.74 Å². The summed E-state index contributed by atoms with van der Waals surface area (Å²) in [6, 6.07) is 15.9. The van der Waals surface area contributed by atoms with Crippen molar-refractivity contribution in [2.45, 2.75) is 26.8 Å². The first-order valence-corrected chi connectivity index (χ1v) is 11.4. The van der Waals surface area contributed by atoms with Crippen LogP contribution in [-0.2, 0) is 13.0 Å². The Morgan fingerprint density at radius 3 is 2.47 bits per heavy atom. The highest BCUT2D eigenvalue weighted by Gasteiger charge is 2.14. The number of nitrogens with zero attached hydrogens (tertiary/aromatic N) is 2. The van der Waals surface area contributed by atoms with E-state index < -0.39 is 0 Å². The first-order chi connectivity index (χ1) is 15.4. The number of benzene rings is 2. The van der Waals surface area contributed by atoms with E-state index in [4.69, 9.17) is 17.0 Å². The van der Waals surface area contributed by atoms with Crippen LogP contribution in [0.2, 0.25) is 0 Å². The SMILES string of the molecule is CCOc1ccc(NC(=S)N(CCN(C)C)Cc2cc3cc(CC)ccc3[nH]c2=O)cc1. The molecule has 0 aliphatic carbocycles. The number of thiocarbonyl (C=S) groups is 1. The second-order valence-corrected chi connectivity index (χ2v) is 8.40. The van der Waals surface area contributed by atoms with Gasteiger partial charge in [0.1, 0.15) is 5.75 Å². The van der Waals surface area contributed by atoms with Crippen molar-refractivity contribution in [2.75, 3.05) is 39.1 Å². The minimum atomic E-state index is -0.0829. The standard InChI is InChI=1S/C25H32N4O2S/c1-5-18-7-12-23-19(15-18)16-20(24(30)27-23)17-29(14-13-28(3)4)25(32)26-21-8-10-22(11-9-21)31-6-2/h7-12,15-16H,5-6,13-14,17H2,1-4H3,(H,26,32)(H,27,30). The van der Waals surface area contributed by atoms with E-state index in [1.54, 1.807) is 0 Å². The van der Waals surface area contributed by atoms with Crippen molar-refractivity contribution in [1.82, 2.24) is 14.8 Å². The molecule has 0 saturated heterocycles. The van der Waals surface area contributed by atoms with Crippen LogP contribution >= 0.6 is 12.2 Å². The van der Waals surface area contributed by atoms with Crippen molar-refractivity contribution in [3.63, 3.8) is 0 Å². The Hall–Kier alpha value is -2.90. The summed E-state index contributed by atoms with van der Waals surface area (Å²) in [5, 5.41) is 4.92. The highest BCUT2D eigenvalue weighted by atomic mass is 32.1. The van der Waals surface area contributed by atoms with Crippen molar-refractivity contribution in [3.8, 4) is 5.75 Å². The van der Waals surface area contributed by atoms with Crippen LogP contribution in [0, 0.1) is 0 Å². The average Bonchev–Trinajstić information content (AvgIpc) is 2.77. The fourth-order valence-corrected chi connectivity index (χ4v) is 3.69. The van der Waals surface area contributed by atoms with E-state index in [-0.39, 0.29) is 5.56 Å². The van der Waals surface area contributed by atoms with Crippen LogP contribution in [0.4, 0.5) is 5.69 Å². The maximum atomic E-state index is 12.8. The number of ether oxygens (including phenoxy) is 1. The smallest absolute Gasteiger partial charge is 0.253 e. The molecule has 7 heteroatoms. The van der Waals surface area contributed by atoms with Crippen LogP contribution in [0.5, 0.6) is 5.75 Å². The number of pyridine rings is 1. The molecular formula is C25H32N4O2S. The van der Waals surface area contributed by atoms with E-state index >= 15 is 0 Å². The first-order valence-electron chi connectivity index (χ1n) is 11.0. The molecule has 0 amide bonds. The van der Waals surface area contributed by atoms with Crippen molar-refractivity contribution in [3.05, 3.63) is 70.0 Å². The average molecular weight is 453 g/mol. The van der Waals surface area contributed by atoms with E-state index in [1.807, 2.05) is 62.3 Å². The number of rotatable bonds is 9. The van der Waals surface area contributed by atoms with Gasteiger partial charge in [-0.25, -0.2) is 0 Å². The number of likely N-dealkylation sites (N-methyl/N-ethyl adjacent to an activating group) is 1. The molecule has 6 nitrogen and oxygen atoms in total. The van der Waals surface area contributed by atoms with Gasteiger partial charge in [-0.3, -0.25) is 4.79 Å². The predicted molar refractivity (Wildman–Crippen MR) is 137 cm³/mol. The molecule has 0 radical (unpaired) electrons. The lowest BCUT2D eigenvalue weighted by Crippen LogP contribution is -2.40. The van der Waals surface area contributed by atoms with Gasteiger partial charge < -0.3 is 24.8 Å². The molecule has 0 unspecified atom stereocenters. The van der Waals surface area contributed by atoms with Gasteiger partial charge in [-0.15, -0.1) is 0 Å². The van der Waals surface area contributed by atoms with E-state index in [0.29, 0.717) is 30.4 Å². The van der Waals surface area contributed by atoms with Crippen molar-refractivity contribution in [1.29, 1.82) is 0 Å². The van der Waals surface area contributed by atoms with E-state index in [1.165, 1.54) is 5.56 Å². The molecule has 0 atom stereocenters. The molecule has 1 aromatic heterocycles. The second-order valence-electron chi connectivity index (χ2n) is 8.01. The van der Waals surface area contributed by atoms with Gasteiger partial charge in [-0.1, -0.05) is 13.0 Å². The number of aromatic amines is 1. The molecule has 32 heavy (non-hydrogen) atoms. The van der Waals surface area contributed by atoms with E-state index in [2.05, 4.69) is 34.3 Å². The molecule has 2 N–H and O–H groups in total. The summed E-state index contributed by atoms with van der Waals surface area (Å²) < 4.78 is 5.51. The zero-order chi connectivity index (χ0) is 23.1. The van der Waals surface area contributed by atoms with Crippen molar-refractivity contribution in [2.24, 2.45) is 0 Å². The first kappa shape index (κ1) is 23.8. The highest BCUT2D eigenvalue weighted by Crippen LogP contribution is 2.18. The third kappa shape index (κ3) is 6.31. The maximum Gasteiger partial charge on any atom is 0.253 e. The van der Waals surface area contributed by atoms with Crippen LogP contribution in [0.3, 0.4) is 0 Å². The number of anilines is 1. The summed E-state index contributed by atoms with van der Waals surface area (Å²) in [4.78, 5) is 19.9. The normalized spacial score (nSPS) is 11.0. The number of aryl methyl sites for hydroxylation is 1. The topological polar surface area (TPSA) is 60.6 Å². The Labute approximate surface area is 195 Å². The largest absolute Gasteiger partial charge is 0.494 e. The lowest BCUT2D eigenvalue weighted by Gasteiger charge is -2.27. The Bertz CT molecular complexity index is 1110. The fraction of sp³-hybridized carbons (Fsp3) is 0.360. The number of aromatic nitrogens is 1. The number of hydrogen-bond donors (Lipinski definition) is 2. The number of hydrogen-bond acceptors (Lipinski definition) is 4. The Kier molecular flexibility index (Phi) is 8.25. The number of H-pyrrole nitrogens is 1. The third-order valence-electron chi connectivity index (χ3n) is 5.28. The predicted octanol–water partition coefficient (Wildman–Crippen LogP) is 4.25. The molecule has 2 aromatic carbocycles. The van der Waals surface area contributed by atoms with Crippen LogP contribution in [0.15, 0.2) is 53.3 Å². The van der Waals surface area contributed by atoms with Gasteiger partial charge in [0.15, 0.2) is 5.11 Å². The molecule has 1 heterocycles. The quantitative estimate of drug-likeness (QED) is 0.474. The molecule has 0 aliphatic rings. The number of fused-ring (bicyclic) bond motifs is 1. The molecule has 0 aliphatic heterocycles. The molecule has 0 bridgehead atoms. The van der Waals surface area contributed by atoms with Gasteiger partial charge >= 0.3 is 0 Å². The molecule has 170 valence electrons. The summed E-state index contributed by atoms with van der Waals surface area (Å²) in [6.07, 6.45) is 0.954. The van der Waals surface area contributed by atoms with Gasteiger partial charge in [-0.2, -0.15) is 0 Å². The number of nitrogens with one attached hydrogen (secondary N) is 2. The molecule has 0 spiro atoms. The van der Waals surface area contributed by atoms with Gasteiger partial charge in [0.25, 0.3) is 5.56 Å². The molecule has 3 rings (SSSR count). The van der Waals surface area contributed by atoms with Crippen molar-refractivity contribution >= 4 is 33.9 Å². The van der Waals surface area contributed by atoms with Gasteiger partial charge in [0.2, 0.25) is 0 Å².